The van der Waals surface area contributed by atoms with Crippen molar-refractivity contribution in [3.63, 3.8) is 0 Å². The number of rotatable bonds is 20. The molecule has 0 radical (unpaired) electrons. The number of allylic oxidation sites excluding steroid dienone is 4. The number of benzene rings is 4. The molecule has 0 aliphatic heterocycles. The van der Waals surface area contributed by atoms with Crippen LogP contribution in [-0.4, -0.2) is 77.3 Å². The van der Waals surface area contributed by atoms with Gasteiger partial charge in [0, 0.05) is 9.79 Å². The normalized spacial score (nSPS) is 14.7. The van der Waals surface area contributed by atoms with Crippen molar-refractivity contribution in [2.45, 2.75) is 50.3 Å². The van der Waals surface area contributed by atoms with Gasteiger partial charge in [0.1, 0.15) is 13.2 Å². The van der Waals surface area contributed by atoms with E-state index in [0.29, 0.717) is 26.4 Å². The molecule has 0 atom stereocenters. The van der Waals surface area contributed by atoms with Gasteiger partial charge < -0.3 is 23.7 Å². The van der Waals surface area contributed by atoms with Gasteiger partial charge in [-0.15, -0.1) is 23.5 Å². The predicted molar refractivity (Wildman–Crippen MR) is 243 cm³/mol. The molecule has 6 rings (SSSR count). The van der Waals surface area contributed by atoms with E-state index in [-0.39, 0.29) is 51.2 Å². The van der Waals surface area contributed by atoms with Crippen LogP contribution in [0.4, 0.5) is 0 Å². The number of thioether (sulfide) groups is 2. The van der Waals surface area contributed by atoms with Crippen LogP contribution in [0.3, 0.4) is 0 Å². The summed E-state index contributed by atoms with van der Waals surface area (Å²) in [6, 6.07) is 29.9. The Hall–Kier alpha value is -4.64. The Labute approximate surface area is 357 Å². The lowest BCUT2D eigenvalue weighted by Crippen LogP contribution is -2.15. The summed E-state index contributed by atoms with van der Waals surface area (Å²) in [6.07, 6.45) is 8.94. The molecule has 0 saturated carbocycles. The second-order valence-corrected chi connectivity index (χ2v) is 16.4. The van der Waals surface area contributed by atoms with Crippen molar-refractivity contribution in [1.82, 2.24) is 0 Å². The number of fused-ring (bicyclic) bond motifs is 2. The lowest BCUT2D eigenvalue weighted by atomic mass is 9.99. The SMILES string of the molecule is CSc1ccc(/C=C2/C(C)=C(CC(=O)OCCOCCOCCOCCOC(=O)CC3=C(C)/C(=C/c4ccc(SC)cc4)c4ccc(C)cc43)c3cc(C)ccc32)cc1. The molecule has 2 aliphatic rings. The van der Waals surface area contributed by atoms with E-state index >= 15 is 0 Å². The molecule has 0 unspecified atom stereocenters. The molecule has 0 heterocycles. The number of esters is 2. The van der Waals surface area contributed by atoms with Crippen molar-refractivity contribution in [2.75, 3.05) is 65.4 Å². The standard InChI is InChI=1S/C50H54O7S2/c1-33-7-17-41-43(29-37-9-13-39(58-5)14-10-37)35(3)45(47(41)27-33)31-49(51)56-25-23-54-21-19-53-20-22-55-24-26-57-50(52)32-46-36(4)44(42-18-8-34(2)28-48(42)46)30-38-11-15-40(59-6)16-12-38/h7-18,27-30H,19-26,31-32H2,1-6H3/b43-29-,44-30-. The van der Waals surface area contributed by atoms with Crippen LogP contribution < -0.4 is 0 Å². The van der Waals surface area contributed by atoms with Gasteiger partial charge in [0.25, 0.3) is 0 Å². The maximum atomic E-state index is 12.9. The smallest absolute Gasteiger partial charge is 0.310 e. The molecule has 0 spiro atoms. The first-order chi connectivity index (χ1) is 28.6. The Bertz CT molecular complexity index is 2090. The highest BCUT2D eigenvalue weighted by atomic mass is 32.2. The van der Waals surface area contributed by atoms with Crippen LogP contribution in [0.1, 0.15) is 71.2 Å². The molecule has 59 heavy (non-hydrogen) atoms. The van der Waals surface area contributed by atoms with Crippen LogP contribution in [0, 0.1) is 13.8 Å². The highest BCUT2D eigenvalue weighted by Gasteiger charge is 2.27. The Morgan fingerprint density at radius 1 is 0.475 bits per heavy atom. The molecule has 308 valence electrons. The summed E-state index contributed by atoms with van der Waals surface area (Å²) in [5.74, 6) is -0.553. The van der Waals surface area contributed by atoms with E-state index in [2.05, 4.69) is 137 Å². The average molecular weight is 831 g/mol. The molecule has 4 aromatic carbocycles. The van der Waals surface area contributed by atoms with E-state index in [4.69, 9.17) is 23.7 Å². The first-order valence-corrected chi connectivity index (χ1v) is 22.5. The molecule has 7 nitrogen and oxygen atoms in total. The maximum Gasteiger partial charge on any atom is 0.310 e. The van der Waals surface area contributed by atoms with Crippen LogP contribution in [0.15, 0.2) is 106 Å². The minimum Gasteiger partial charge on any atom is -0.463 e. The highest BCUT2D eigenvalue weighted by molar-refractivity contribution is 7.98. The third-order valence-corrected chi connectivity index (χ3v) is 12.0. The average Bonchev–Trinajstić information content (AvgIpc) is 3.63. The van der Waals surface area contributed by atoms with Gasteiger partial charge in [-0.1, -0.05) is 71.8 Å². The van der Waals surface area contributed by atoms with E-state index in [9.17, 15) is 9.59 Å². The molecule has 0 aromatic heterocycles. The van der Waals surface area contributed by atoms with Crippen LogP contribution in [-0.2, 0) is 33.3 Å². The topological polar surface area (TPSA) is 80.3 Å². The van der Waals surface area contributed by atoms with Crippen molar-refractivity contribution in [3.05, 3.63) is 141 Å². The fourth-order valence-electron chi connectivity index (χ4n) is 7.34. The molecule has 0 amide bonds. The summed E-state index contributed by atoms with van der Waals surface area (Å²) < 4.78 is 28.0. The zero-order valence-corrected chi connectivity index (χ0v) is 36.6. The second-order valence-electron chi connectivity index (χ2n) is 14.6. The molecular formula is C50H54O7S2. The molecule has 0 fully saturated rings. The van der Waals surface area contributed by atoms with Gasteiger partial charge in [0.2, 0.25) is 0 Å². The second kappa shape index (κ2) is 21.6. The first kappa shape index (κ1) is 43.9. The Kier molecular flexibility index (Phi) is 16.1. The summed E-state index contributed by atoms with van der Waals surface area (Å²) >= 11 is 3.45. The van der Waals surface area contributed by atoms with Crippen molar-refractivity contribution >= 4 is 69.9 Å². The van der Waals surface area contributed by atoms with E-state index in [1.54, 1.807) is 23.5 Å². The Balaban J connectivity index is 0.845. The van der Waals surface area contributed by atoms with Crippen LogP contribution in [0.25, 0.3) is 34.4 Å². The molecule has 4 aromatic rings. The molecule has 0 saturated heterocycles. The molecular weight excluding hydrogens is 777 g/mol. The Morgan fingerprint density at radius 3 is 1.19 bits per heavy atom. The van der Waals surface area contributed by atoms with Gasteiger partial charge in [-0.3, -0.25) is 9.59 Å². The van der Waals surface area contributed by atoms with Crippen LogP contribution >= 0.6 is 23.5 Å². The predicted octanol–water partition coefficient (Wildman–Crippen LogP) is 11.0. The van der Waals surface area contributed by atoms with Gasteiger partial charge in [0.05, 0.1) is 52.5 Å². The van der Waals surface area contributed by atoms with Gasteiger partial charge in [0.15, 0.2) is 0 Å². The minimum absolute atomic E-state index is 0.173. The number of aryl methyl sites for hydroxylation is 2. The number of carbonyl (C=O) groups is 2. The van der Waals surface area contributed by atoms with Crippen molar-refractivity contribution in [1.29, 1.82) is 0 Å². The molecule has 0 bridgehead atoms. The number of hydrogen-bond acceptors (Lipinski definition) is 9. The van der Waals surface area contributed by atoms with Crippen molar-refractivity contribution in [2.24, 2.45) is 0 Å². The quantitative estimate of drug-likeness (QED) is 0.0491. The lowest BCUT2D eigenvalue weighted by molar-refractivity contribution is -0.144. The summed E-state index contributed by atoms with van der Waals surface area (Å²) in [5.41, 5.74) is 15.5. The summed E-state index contributed by atoms with van der Waals surface area (Å²) in [5, 5.41) is 0. The summed E-state index contributed by atoms with van der Waals surface area (Å²) in [4.78, 5) is 28.3. The third-order valence-electron chi connectivity index (χ3n) is 10.5. The van der Waals surface area contributed by atoms with E-state index in [0.717, 1.165) is 77.9 Å². The van der Waals surface area contributed by atoms with Gasteiger partial charge in [-0.05, 0) is 143 Å². The van der Waals surface area contributed by atoms with Crippen LogP contribution in [0.2, 0.25) is 0 Å². The number of ether oxygens (including phenoxy) is 5. The summed E-state index contributed by atoms with van der Waals surface area (Å²) in [6.45, 7) is 10.7. The number of carbonyl (C=O) groups excluding carboxylic acids is 2. The van der Waals surface area contributed by atoms with Crippen molar-refractivity contribution < 1.29 is 33.3 Å². The van der Waals surface area contributed by atoms with Gasteiger partial charge in [-0.2, -0.15) is 0 Å². The van der Waals surface area contributed by atoms with E-state index < -0.39 is 0 Å². The lowest BCUT2D eigenvalue weighted by Gasteiger charge is -2.10. The monoisotopic (exact) mass is 830 g/mol. The fraction of sp³-hybridized carbons (Fsp3) is 0.320. The van der Waals surface area contributed by atoms with E-state index in [1.165, 1.54) is 9.79 Å². The largest absolute Gasteiger partial charge is 0.463 e. The molecule has 0 N–H and O–H groups in total. The molecule has 2 aliphatic carbocycles. The van der Waals surface area contributed by atoms with Gasteiger partial charge >= 0.3 is 11.9 Å². The number of hydrogen-bond donors (Lipinski definition) is 0. The highest BCUT2D eigenvalue weighted by Crippen LogP contribution is 2.45. The fourth-order valence-corrected chi connectivity index (χ4v) is 8.16. The minimum atomic E-state index is -0.277. The maximum absolute atomic E-state index is 12.9. The first-order valence-electron chi connectivity index (χ1n) is 20.0. The van der Waals surface area contributed by atoms with Crippen LogP contribution in [0.5, 0.6) is 0 Å². The Morgan fingerprint density at radius 2 is 0.831 bits per heavy atom. The zero-order valence-electron chi connectivity index (χ0n) is 35.0. The summed E-state index contributed by atoms with van der Waals surface area (Å²) in [7, 11) is 0. The molecule has 9 heteroatoms. The third kappa shape index (κ3) is 11.8. The van der Waals surface area contributed by atoms with Gasteiger partial charge in [-0.25, -0.2) is 0 Å². The van der Waals surface area contributed by atoms with E-state index in [1.807, 2.05) is 0 Å². The zero-order chi connectivity index (χ0) is 41.7. The van der Waals surface area contributed by atoms with Crippen molar-refractivity contribution in [3.8, 4) is 0 Å².